The van der Waals surface area contributed by atoms with Crippen molar-refractivity contribution in [2.75, 3.05) is 68.8 Å². The quantitative estimate of drug-likeness (QED) is 0.238. The first-order valence-corrected chi connectivity index (χ1v) is 20.9. The lowest BCUT2D eigenvalue weighted by molar-refractivity contribution is -0.136. The van der Waals surface area contributed by atoms with Gasteiger partial charge in [0.2, 0.25) is 17.8 Å². The molecular formula is C43H49F2N9O5. The number of piperidine rings is 2. The van der Waals surface area contributed by atoms with Crippen molar-refractivity contribution in [2.24, 2.45) is 0 Å². The van der Waals surface area contributed by atoms with E-state index in [0.29, 0.717) is 49.9 Å². The van der Waals surface area contributed by atoms with Crippen LogP contribution in [0.15, 0.2) is 48.8 Å². The highest BCUT2D eigenvalue weighted by atomic mass is 19.3. The van der Waals surface area contributed by atoms with Crippen molar-refractivity contribution >= 4 is 40.3 Å². The summed E-state index contributed by atoms with van der Waals surface area (Å²) in [5, 5.41) is 3.51. The topological polar surface area (TPSA) is 139 Å². The van der Waals surface area contributed by atoms with E-state index in [0.717, 1.165) is 85.5 Å². The normalized spacial score (nSPS) is 25.2. The fourth-order valence-corrected chi connectivity index (χ4v) is 10.2. The summed E-state index contributed by atoms with van der Waals surface area (Å²) < 4.78 is 40.3. The number of carbonyl (C=O) groups excluding carboxylic acids is 3. The van der Waals surface area contributed by atoms with Gasteiger partial charge < -0.3 is 29.2 Å². The van der Waals surface area contributed by atoms with Crippen LogP contribution in [-0.2, 0) is 27.3 Å². The number of rotatable bonds is 9. The Morgan fingerprint density at radius 1 is 1.00 bits per heavy atom. The van der Waals surface area contributed by atoms with Crippen LogP contribution < -0.4 is 19.9 Å². The number of ether oxygens (including phenoxy) is 2. The van der Waals surface area contributed by atoms with Gasteiger partial charge >= 0.3 is 0 Å². The second-order valence-corrected chi connectivity index (χ2v) is 16.8. The van der Waals surface area contributed by atoms with Crippen molar-refractivity contribution < 1.29 is 32.6 Å². The largest absolute Gasteiger partial charge is 0.489 e. The van der Waals surface area contributed by atoms with Gasteiger partial charge in [-0.05, 0) is 61.9 Å². The number of aromatic nitrogens is 3. The summed E-state index contributed by atoms with van der Waals surface area (Å²) in [6, 6.07) is 11.1. The lowest BCUT2D eigenvalue weighted by Crippen LogP contribution is -2.57. The zero-order valence-corrected chi connectivity index (χ0v) is 33.1. The molecule has 4 atom stereocenters. The molecule has 0 bridgehead atoms. The minimum Gasteiger partial charge on any atom is -0.489 e. The number of benzene rings is 2. The average Bonchev–Trinajstić information content (AvgIpc) is 3.76. The molecule has 0 aliphatic carbocycles. The minimum atomic E-state index is -2.45. The average molecular weight is 810 g/mol. The number of fused-ring (bicyclic) bond motifs is 7. The summed E-state index contributed by atoms with van der Waals surface area (Å²) in [6.45, 7) is 8.10. The number of halogens is 2. The number of nitrogens with zero attached hydrogens (tertiary/aromatic N) is 7. The second kappa shape index (κ2) is 15.4. The van der Waals surface area contributed by atoms with Crippen LogP contribution in [0.1, 0.15) is 71.4 Å². The number of amides is 3. The van der Waals surface area contributed by atoms with Gasteiger partial charge in [0.15, 0.2) is 0 Å². The van der Waals surface area contributed by atoms with E-state index in [1.54, 1.807) is 4.90 Å². The number of alkyl halides is 2. The Labute approximate surface area is 340 Å². The van der Waals surface area contributed by atoms with Gasteiger partial charge in [-0.1, -0.05) is 18.2 Å². The number of hydrogen-bond donors (Lipinski definition) is 2. The molecule has 14 nitrogen and oxygen atoms in total. The smallest absolute Gasteiger partial charge is 0.255 e. The molecule has 0 radical (unpaired) electrons. The fraction of sp³-hybridized carbons (Fsp3) is 0.512. The maximum absolute atomic E-state index is 13.9. The molecule has 16 heteroatoms. The van der Waals surface area contributed by atoms with Gasteiger partial charge in [0, 0.05) is 98.4 Å². The van der Waals surface area contributed by atoms with E-state index in [-0.39, 0.29) is 49.0 Å². The first-order valence-electron chi connectivity index (χ1n) is 20.9. The van der Waals surface area contributed by atoms with Gasteiger partial charge in [0.25, 0.3) is 12.3 Å². The van der Waals surface area contributed by atoms with Crippen molar-refractivity contribution in [1.29, 1.82) is 0 Å². The van der Waals surface area contributed by atoms with Crippen LogP contribution in [0.3, 0.4) is 0 Å². The summed E-state index contributed by atoms with van der Waals surface area (Å²) in [6.07, 6.45) is 4.29. The summed E-state index contributed by atoms with van der Waals surface area (Å²) in [5.74, 6) is 0.435. The molecule has 3 fully saturated rings. The van der Waals surface area contributed by atoms with Crippen molar-refractivity contribution in [3.8, 4) is 5.75 Å². The van der Waals surface area contributed by atoms with Crippen LogP contribution in [0.4, 0.5) is 20.4 Å². The molecule has 8 heterocycles. The van der Waals surface area contributed by atoms with E-state index in [4.69, 9.17) is 19.4 Å². The first kappa shape index (κ1) is 38.0. The molecule has 4 aromatic rings. The molecule has 6 aliphatic heterocycles. The number of piperazine rings is 1. The van der Waals surface area contributed by atoms with Gasteiger partial charge in [-0.25, -0.2) is 18.7 Å². The Balaban J connectivity index is 0.714. The first-order chi connectivity index (χ1) is 28.7. The van der Waals surface area contributed by atoms with E-state index in [2.05, 4.69) is 31.1 Å². The predicted octanol–water partition coefficient (Wildman–Crippen LogP) is 3.89. The Morgan fingerprint density at radius 3 is 2.61 bits per heavy atom. The van der Waals surface area contributed by atoms with Crippen molar-refractivity contribution in [3.05, 3.63) is 76.7 Å². The van der Waals surface area contributed by atoms with Crippen LogP contribution in [0.2, 0.25) is 0 Å². The molecule has 0 unspecified atom stereocenters. The maximum atomic E-state index is 13.9. The van der Waals surface area contributed by atoms with Gasteiger partial charge in [0.1, 0.15) is 18.4 Å². The molecule has 2 N–H and O–H groups in total. The zero-order chi connectivity index (χ0) is 40.4. The third-order valence-corrected chi connectivity index (χ3v) is 13.2. The van der Waals surface area contributed by atoms with E-state index >= 15 is 0 Å². The Kier molecular flexibility index (Phi) is 9.96. The summed E-state index contributed by atoms with van der Waals surface area (Å²) in [4.78, 5) is 61.1. The summed E-state index contributed by atoms with van der Waals surface area (Å²) >= 11 is 0. The second-order valence-electron chi connectivity index (χ2n) is 16.8. The number of aromatic amines is 1. The van der Waals surface area contributed by atoms with Crippen LogP contribution >= 0.6 is 0 Å². The highest BCUT2D eigenvalue weighted by molar-refractivity contribution is 6.06. The van der Waals surface area contributed by atoms with E-state index in [1.807, 2.05) is 54.5 Å². The van der Waals surface area contributed by atoms with Gasteiger partial charge in [-0.2, -0.15) is 0 Å². The third kappa shape index (κ3) is 7.08. The Bertz CT molecular complexity index is 2260. The van der Waals surface area contributed by atoms with Crippen molar-refractivity contribution in [3.63, 3.8) is 0 Å². The number of H-pyrrole nitrogens is 1. The van der Waals surface area contributed by atoms with E-state index in [1.165, 1.54) is 5.56 Å². The Morgan fingerprint density at radius 2 is 1.81 bits per heavy atom. The number of imide groups is 1. The highest BCUT2D eigenvalue weighted by Gasteiger charge is 2.42. The molecule has 0 spiro atoms. The molecule has 59 heavy (non-hydrogen) atoms. The van der Waals surface area contributed by atoms with Gasteiger partial charge in [-0.3, -0.25) is 29.5 Å². The van der Waals surface area contributed by atoms with E-state index in [9.17, 15) is 23.2 Å². The third-order valence-electron chi connectivity index (χ3n) is 13.2. The van der Waals surface area contributed by atoms with Gasteiger partial charge in [0.05, 0.1) is 37.0 Å². The van der Waals surface area contributed by atoms with Crippen LogP contribution in [0.25, 0.3) is 10.9 Å². The van der Waals surface area contributed by atoms with Crippen LogP contribution in [-0.4, -0.2) is 137 Å². The molecule has 0 saturated carbocycles. The molecule has 310 valence electrons. The number of para-hydroxylation sites is 1. The standard InChI is InChI=1S/C43H49F2N9O5/c1-25-16-32-30-4-2-3-5-33(30)48-39(32)40(53(25)23-37(44)45)27-19-46-43(47-20-27)51-10-8-29(9-11-51)58-15-14-50-12-13-52-28(22-50)24-59-36-18-31-26(17-35(36)52)21-54(42(31)57)34-6-7-38(55)49-41(34)56/h2-5,17-20,25,28-29,34,37,40,48H,6-16,21-24H2,1H3,(H,49,55,56)/t25-,28+,34+,40-/m1/s1. The Hall–Kier alpha value is -5.19. The molecule has 3 saturated heterocycles. The van der Waals surface area contributed by atoms with Crippen molar-refractivity contribution in [2.45, 2.75) is 82.3 Å². The molecule has 2 aromatic heterocycles. The summed E-state index contributed by atoms with van der Waals surface area (Å²) in [5.41, 5.74) is 6.36. The predicted molar refractivity (Wildman–Crippen MR) is 215 cm³/mol. The monoisotopic (exact) mass is 809 g/mol. The van der Waals surface area contributed by atoms with Gasteiger partial charge in [-0.15, -0.1) is 0 Å². The van der Waals surface area contributed by atoms with E-state index < -0.39 is 18.4 Å². The number of anilines is 2. The number of carbonyl (C=O) groups is 3. The molecule has 6 aliphatic rings. The molecule has 10 rings (SSSR count). The molecule has 2 aromatic carbocycles. The molecular weight excluding hydrogens is 761 g/mol. The highest BCUT2D eigenvalue weighted by Crippen LogP contribution is 2.42. The minimum absolute atomic E-state index is 0.0685. The summed E-state index contributed by atoms with van der Waals surface area (Å²) in [7, 11) is 0. The van der Waals surface area contributed by atoms with Crippen molar-refractivity contribution in [1.82, 2.24) is 35.0 Å². The molecule has 3 amide bonds. The fourth-order valence-electron chi connectivity index (χ4n) is 10.2. The van der Waals surface area contributed by atoms with Crippen LogP contribution in [0, 0.1) is 0 Å². The number of nitrogens with one attached hydrogen (secondary N) is 2. The number of hydrogen-bond acceptors (Lipinski definition) is 11. The maximum Gasteiger partial charge on any atom is 0.255 e. The van der Waals surface area contributed by atoms with Crippen LogP contribution in [0.5, 0.6) is 5.75 Å². The SMILES string of the molecule is C[C@@H]1Cc2c([nH]c3ccccc23)[C@@H](c2cnc(N3CCC(OCCN4CCN5c6cc7c(cc6OC[C@@H]5C4)C(=O)N([C@H]4CCC(=O)NC4=O)C7)CC3)nc2)N1CC(F)F. The lowest BCUT2D eigenvalue weighted by Gasteiger charge is -2.45. The zero-order valence-electron chi connectivity index (χ0n) is 33.1. The lowest BCUT2D eigenvalue weighted by atomic mass is 9.89.